The van der Waals surface area contributed by atoms with Crippen molar-refractivity contribution in [2.75, 3.05) is 11.1 Å². The van der Waals surface area contributed by atoms with Gasteiger partial charge in [-0.05, 0) is 43.7 Å². The molecule has 0 aliphatic rings. The molecule has 0 amide bonds. The smallest absolute Gasteiger partial charge is 0.399 e. The first-order chi connectivity index (χ1) is 14.2. The molecule has 0 saturated heterocycles. The van der Waals surface area contributed by atoms with Crippen molar-refractivity contribution in [3.05, 3.63) is 59.8 Å². The largest absolute Gasteiger partial charge is 0.416 e. The minimum atomic E-state index is -4.48. The SMILES string of the molecule is Cc1nc(NC(C)c2cc(N)cc(C(F)(F)F)c2)c2cc(-c3cn[nH]c3)ncc2n1. The standard InChI is InChI=1S/C20H18F3N7/c1-10(12-3-14(20(21,22)23)5-15(24)4-12)28-19-16-6-17(13-7-26-27-8-13)25-9-18(16)29-11(2)30-19/h3-10H,24H2,1-2H3,(H,26,27)(H,28,29,30). The second kappa shape index (κ2) is 7.29. The Kier molecular flexibility index (Phi) is 4.76. The summed E-state index contributed by atoms with van der Waals surface area (Å²) in [5.41, 5.74) is 7.44. The third-order valence-corrected chi connectivity index (χ3v) is 4.65. The molecule has 0 aliphatic carbocycles. The summed E-state index contributed by atoms with van der Waals surface area (Å²) >= 11 is 0. The zero-order chi connectivity index (χ0) is 21.5. The highest BCUT2D eigenvalue weighted by Crippen LogP contribution is 2.34. The molecule has 4 N–H and O–H groups in total. The molecule has 0 saturated carbocycles. The number of aryl methyl sites for hydroxylation is 1. The van der Waals surface area contributed by atoms with Crippen molar-refractivity contribution in [3.8, 4) is 11.3 Å². The van der Waals surface area contributed by atoms with E-state index in [9.17, 15) is 13.2 Å². The molecule has 1 atom stereocenters. The average Bonchev–Trinajstić information content (AvgIpc) is 3.21. The minimum absolute atomic E-state index is 0.0450. The molecule has 0 aliphatic heterocycles. The number of hydrogen-bond acceptors (Lipinski definition) is 6. The summed E-state index contributed by atoms with van der Waals surface area (Å²) in [6.45, 7) is 3.48. The van der Waals surface area contributed by atoms with Gasteiger partial charge in [-0.1, -0.05) is 0 Å². The zero-order valence-corrected chi connectivity index (χ0v) is 16.1. The Bertz CT molecular complexity index is 1200. The van der Waals surface area contributed by atoms with Gasteiger partial charge in [0.2, 0.25) is 0 Å². The summed E-state index contributed by atoms with van der Waals surface area (Å²) in [6.07, 6.45) is 0.506. The number of aromatic amines is 1. The van der Waals surface area contributed by atoms with Gasteiger partial charge in [0.25, 0.3) is 0 Å². The van der Waals surface area contributed by atoms with E-state index in [2.05, 4.69) is 30.5 Å². The maximum Gasteiger partial charge on any atom is 0.416 e. The van der Waals surface area contributed by atoms with E-state index in [-0.39, 0.29) is 5.69 Å². The Morgan fingerprint density at radius 2 is 1.90 bits per heavy atom. The molecule has 154 valence electrons. The maximum absolute atomic E-state index is 13.2. The number of aromatic nitrogens is 5. The molecule has 1 unspecified atom stereocenters. The van der Waals surface area contributed by atoms with Crippen LogP contribution >= 0.6 is 0 Å². The number of pyridine rings is 1. The van der Waals surface area contributed by atoms with Gasteiger partial charge in [-0.3, -0.25) is 10.1 Å². The van der Waals surface area contributed by atoms with Gasteiger partial charge in [-0.25, -0.2) is 9.97 Å². The van der Waals surface area contributed by atoms with E-state index >= 15 is 0 Å². The van der Waals surface area contributed by atoms with E-state index in [1.807, 2.05) is 6.07 Å². The molecule has 4 rings (SSSR count). The lowest BCUT2D eigenvalue weighted by Gasteiger charge is -2.19. The maximum atomic E-state index is 13.2. The lowest BCUT2D eigenvalue weighted by atomic mass is 10.0. The van der Waals surface area contributed by atoms with E-state index in [0.717, 1.165) is 17.7 Å². The molecule has 0 fully saturated rings. The molecule has 4 aromatic rings. The van der Waals surface area contributed by atoms with Crippen LogP contribution in [0.4, 0.5) is 24.7 Å². The number of alkyl halides is 3. The van der Waals surface area contributed by atoms with Crippen molar-refractivity contribution in [1.29, 1.82) is 0 Å². The molecule has 0 radical (unpaired) electrons. The molecule has 0 bridgehead atoms. The first-order valence-corrected chi connectivity index (χ1v) is 9.08. The van der Waals surface area contributed by atoms with Crippen molar-refractivity contribution >= 4 is 22.4 Å². The minimum Gasteiger partial charge on any atom is -0.399 e. The number of nitrogens with two attached hydrogens (primary N) is 1. The third-order valence-electron chi connectivity index (χ3n) is 4.65. The summed E-state index contributed by atoms with van der Waals surface area (Å²) in [5.74, 6) is 1.01. The molecule has 3 aromatic heterocycles. The number of halogens is 3. The second-order valence-corrected chi connectivity index (χ2v) is 6.95. The van der Waals surface area contributed by atoms with Crippen molar-refractivity contribution in [2.24, 2.45) is 0 Å². The van der Waals surface area contributed by atoms with Crippen LogP contribution in [0.2, 0.25) is 0 Å². The van der Waals surface area contributed by atoms with Gasteiger partial charge in [0.15, 0.2) is 0 Å². The van der Waals surface area contributed by atoms with Crippen molar-refractivity contribution in [2.45, 2.75) is 26.1 Å². The fraction of sp³-hybridized carbons (Fsp3) is 0.200. The van der Waals surface area contributed by atoms with Crippen LogP contribution in [0.3, 0.4) is 0 Å². The van der Waals surface area contributed by atoms with Crippen LogP contribution in [-0.2, 0) is 6.18 Å². The number of anilines is 2. The highest BCUT2D eigenvalue weighted by molar-refractivity contribution is 5.91. The van der Waals surface area contributed by atoms with Crippen molar-refractivity contribution in [3.63, 3.8) is 0 Å². The highest BCUT2D eigenvalue weighted by Gasteiger charge is 2.31. The quantitative estimate of drug-likeness (QED) is 0.426. The van der Waals surface area contributed by atoms with Crippen LogP contribution in [0.25, 0.3) is 22.2 Å². The summed E-state index contributed by atoms with van der Waals surface area (Å²) in [4.78, 5) is 13.2. The average molecular weight is 413 g/mol. The normalized spacial score (nSPS) is 12.8. The fourth-order valence-electron chi connectivity index (χ4n) is 3.19. The van der Waals surface area contributed by atoms with Gasteiger partial charge < -0.3 is 11.1 Å². The van der Waals surface area contributed by atoms with Crippen LogP contribution in [0, 0.1) is 6.92 Å². The van der Waals surface area contributed by atoms with Crippen LogP contribution in [0.1, 0.15) is 29.9 Å². The van der Waals surface area contributed by atoms with Crippen LogP contribution in [-0.4, -0.2) is 25.1 Å². The number of H-pyrrole nitrogens is 1. The van der Waals surface area contributed by atoms with E-state index in [1.165, 1.54) is 6.07 Å². The number of fused-ring (bicyclic) bond motifs is 1. The summed E-state index contributed by atoms with van der Waals surface area (Å²) in [7, 11) is 0. The van der Waals surface area contributed by atoms with Crippen LogP contribution in [0.15, 0.2) is 42.9 Å². The Labute approximate surface area is 169 Å². The van der Waals surface area contributed by atoms with Gasteiger partial charge in [-0.15, -0.1) is 0 Å². The van der Waals surface area contributed by atoms with Crippen molar-refractivity contribution in [1.82, 2.24) is 25.1 Å². The number of benzene rings is 1. The van der Waals surface area contributed by atoms with Gasteiger partial charge >= 0.3 is 6.18 Å². The number of rotatable bonds is 4. The predicted octanol–water partition coefficient (Wildman–Crippen LogP) is 4.50. The second-order valence-electron chi connectivity index (χ2n) is 6.95. The van der Waals surface area contributed by atoms with Gasteiger partial charge in [0.05, 0.1) is 35.2 Å². The van der Waals surface area contributed by atoms with Gasteiger partial charge in [-0.2, -0.15) is 18.3 Å². The number of nitrogens with zero attached hydrogens (tertiary/aromatic N) is 4. The van der Waals surface area contributed by atoms with E-state index in [0.29, 0.717) is 33.8 Å². The molecule has 0 spiro atoms. The molecule has 1 aromatic carbocycles. The Morgan fingerprint density at radius 3 is 2.60 bits per heavy atom. The van der Waals surface area contributed by atoms with Crippen LogP contribution in [0.5, 0.6) is 0 Å². The van der Waals surface area contributed by atoms with Gasteiger partial charge in [0.1, 0.15) is 11.6 Å². The van der Waals surface area contributed by atoms with E-state index < -0.39 is 17.8 Å². The Balaban J connectivity index is 1.74. The number of nitrogens with one attached hydrogen (secondary N) is 2. The molecule has 30 heavy (non-hydrogen) atoms. The van der Waals surface area contributed by atoms with Gasteiger partial charge in [0, 0.05) is 22.8 Å². The zero-order valence-electron chi connectivity index (χ0n) is 16.1. The third kappa shape index (κ3) is 3.88. The molecule has 3 heterocycles. The Hall–Kier alpha value is -3.69. The fourth-order valence-corrected chi connectivity index (χ4v) is 3.19. The topological polar surface area (TPSA) is 105 Å². The lowest BCUT2D eigenvalue weighted by molar-refractivity contribution is -0.137. The monoisotopic (exact) mass is 413 g/mol. The first kappa shape index (κ1) is 19.6. The summed E-state index contributed by atoms with van der Waals surface area (Å²) < 4.78 is 39.5. The van der Waals surface area contributed by atoms with E-state index in [1.54, 1.807) is 32.4 Å². The van der Waals surface area contributed by atoms with E-state index in [4.69, 9.17) is 5.73 Å². The Morgan fingerprint density at radius 1 is 1.10 bits per heavy atom. The highest BCUT2D eigenvalue weighted by atomic mass is 19.4. The van der Waals surface area contributed by atoms with Crippen LogP contribution < -0.4 is 11.1 Å². The predicted molar refractivity (Wildman–Crippen MR) is 108 cm³/mol. The molecule has 7 nitrogen and oxygen atoms in total. The summed E-state index contributed by atoms with van der Waals surface area (Å²) in [6, 6.07) is 4.85. The number of hydrogen-bond donors (Lipinski definition) is 3. The summed E-state index contributed by atoms with van der Waals surface area (Å²) in [5, 5.41) is 10.5. The molecule has 10 heteroatoms. The number of nitrogen functional groups attached to an aromatic ring is 1. The molecular weight excluding hydrogens is 395 g/mol. The first-order valence-electron chi connectivity index (χ1n) is 9.08. The molecular formula is C20H18F3N7. The van der Waals surface area contributed by atoms with Crippen molar-refractivity contribution < 1.29 is 13.2 Å². The lowest BCUT2D eigenvalue weighted by Crippen LogP contribution is -2.13.